The van der Waals surface area contributed by atoms with E-state index in [9.17, 15) is 4.79 Å². The second-order valence-electron chi connectivity index (χ2n) is 5.04. The summed E-state index contributed by atoms with van der Waals surface area (Å²) < 4.78 is 0. The monoisotopic (exact) mass is 300 g/mol. The summed E-state index contributed by atoms with van der Waals surface area (Å²) in [5.74, 6) is 0.452. The number of hydrogen-bond donors (Lipinski definition) is 1. The number of rotatable bonds is 1. The molecule has 1 amide bonds. The maximum Gasteiger partial charge on any atom is 0.230 e. The molecule has 19 heavy (non-hydrogen) atoms. The van der Waals surface area contributed by atoms with Gasteiger partial charge in [-0.3, -0.25) is 4.79 Å². The van der Waals surface area contributed by atoms with Crippen LogP contribution in [0.4, 0.5) is 5.69 Å². The van der Waals surface area contributed by atoms with Gasteiger partial charge in [0.15, 0.2) is 0 Å². The third-order valence-electron chi connectivity index (χ3n) is 3.90. The van der Waals surface area contributed by atoms with Crippen LogP contribution in [0.3, 0.4) is 0 Å². The van der Waals surface area contributed by atoms with Crippen LogP contribution in [0.25, 0.3) is 0 Å². The normalized spacial score (nSPS) is 18.9. The summed E-state index contributed by atoms with van der Waals surface area (Å²) in [5, 5.41) is 4.00. The zero-order valence-electron chi connectivity index (χ0n) is 10.7. The van der Waals surface area contributed by atoms with Gasteiger partial charge in [0.1, 0.15) is 0 Å². The molecule has 5 heteroatoms. The first kappa shape index (κ1) is 14.6. The number of hydrogen-bond acceptors (Lipinski definition) is 2. The summed E-state index contributed by atoms with van der Waals surface area (Å²) in [5.41, 5.74) is 2.26. The highest BCUT2D eigenvalue weighted by molar-refractivity contribution is 6.31. The van der Waals surface area contributed by atoms with Gasteiger partial charge in [-0.05, 0) is 50.0 Å². The molecule has 0 saturated carbocycles. The number of carbonyl (C=O) groups is 1. The quantitative estimate of drug-likeness (QED) is 0.865. The van der Waals surface area contributed by atoms with Crippen molar-refractivity contribution >= 4 is 35.6 Å². The van der Waals surface area contributed by atoms with E-state index in [2.05, 4.69) is 5.32 Å². The zero-order chi connectivity index (χ0) is 12.5. The molecule has 1 saturated heterocycles. The molecule has 3 rings (SSSR count). The van der Waals surface area contributed by atoms with Crippen LogP contribution in [0, 0.1) is 5.92 Å². The molecule has 104 valence electrons. The molecule has 0 aromatic heterocycles. The fourth-order valence-corrected chi connectivity index (χ4v) is 3.04. The summed E-state index contributed by atoms with van der Waals surface area (Å²) >= 11 is 6.03. The van der Waals surface area contributed by atoms with Gasteiger partial charge in [-0.2, -0.15) is 0 Å². The fraction of sp³-hybridized carbons (Fsp3) is 0.500. The van der Waals surface area contributed by atoms with Crippen molar-refractivity contribution in [3.05, 3.63) is 28.8 Å². The molecule has 0 unspecified atom stereocenters. The van der Waals surface area contributed by atoms with Gasteiger partial charge in [-0.1, -0.05) is 17.7 Å². The Morgan fingerprint density at radius 1 is 1.32 bits per heavy atom. The van der Waals surface area contributed by atoms with Crippen molar-refractivity contribution in [1.82, 2.24) is 5.32 Å². The summed E-state index contributed by atoms with van der Waals surface area (Å²) in [6, 6.07) is 5.86. The Labute approximate surface area is 124 Å². The molecule has 1 N–H and O–H groups in total. The SMILES string of the molecule is Cl.O=C(C1CCNCC1)N1CCc2ccc(Cl)cc21. The van der Waals surface area contributed by atoms with E-state index in [1.165, 1.54) is 5.56 Å². The molecule has 2 aliphatic rings. The highest BCUT2D eigenvalue weighted by Crippen LogP contribution is 2.32. The molecule has 2 aliphatic heterocycles. The molecule has 0 bridgehead atoms. The Balaban J connectivity index is 0.00000133. The van der Waals surface area contributed by atoms with Crippen LogP contribution >= 0.6 is 24.0 Å². The standard InChI is InChI=1S/C14H17ClN2O.ClH/c15-12-2-1-10-5-8-17(13(10)9-12)14(18)11-3-6-16-7-4-11;/h1-2,9,11,16H,3-8H2;1H. The minimum Gasteiger partial charge on any atom is -0.317 e. The number of fused-ring (bicyclic) bond motifs is 1. The van der Waals surface area contributed by atoms with Crippen LogP contribution in [-0.2, 0) is 11.2 Å². The Morgan fingerprint density at radius 2 is 2.05 bits per heavy atom. The topological polar surface area (TPSA) is 32.3 Å². The van der Waals surface area contributed by atoms with Gasteiger partial charge in [0.25, 0.3) is 0 Å². The lowest BCUT2D eigenvalue weighted by molar-refractivity contribution is -0.123. The highest BCUT2D eigenvalue weighted by Gasteiger charge is 2.30. The lowest BCUT2D eigenvalue weighted by Crippen LogP contribution is -2.40. The smallest absolute Gasteiger partial charge is 0.230 e. The second kappa shape index (κ2) is 6.12. The number of nitrogens with zero attached hydrogens (tertiary/aromatic N) is 1. The number of benzene rings is 1. The zero-order valence-corrected chi connectivity index (χ0v) is 12.3. The summed E-state index contributed by atoms with van der Waals surface area (Å²) in [6.07, 6.45) is 2.85. The molecule has 2 heterocycles. The molecule has 1 aromatic rings. The lowest BCUT2D eigenvalue weighted by Gasteiger charge is -2.27. The molecule has 0 radical (unpaired) electrons. The van der Waals surface area contributed by atoms with Crippen molar-refractivity contribution in [1.29, 1.82) is 0 Å². The number of amides is 1. The van der Waals surface area contributed by atoms with Crippen molar-refractivity contribution in [3.8, 4) is 0 Å². The lowest BCUT2D eigenvalue weighted by atomic mass is 9.96. The van der Waals surface area contributed by atoms with E-state index >= 15 is 0 Å². The van der Waals surface area contributed by atoms with Gasteiger partial charge in [0.05, 0.1) is 0 Å². The van der Waals surface area contributed by atoms with E-state index in [4.69, 9.17) is 11.6 Å². The van der Waals surface area contributed by atoms with Crippen molar-refractivity contribution in [3.63, 3.8) is 0 Å². The van der Waals surface area contributed by atoms with Crippen molar-refractivity contribution < 1.29 is 4.79 Å². The minimum atomic E-state index is 0. The molecule has 0 aliphatic carbocycles. The van der Waals surface area contributed by atoms with Crippen LogP contribution in [-0.4, -0.2) is 25.5 Å². The van der Waals surface area contributed by atoms with E-state index in [1.807, 2.05) is 23.1 Å². The maximum atomic E-state index is 12.5. The van der Waals surface area contributed by atoms with E-state index in [0.717, 1.165) is 44.6 Å². The number of carbonyl (C=O) groups excluding carboxylic acids is 1. The molecule has 1 aromatic carbocycles. The fourth-order valence-electron chi connectivity index (χ4n) is 2.87. The molecule has 3 nitrogen and oxygen atoms in total. The van der Waals surface area contributed by atoms with Crippen molar-refractivity contribution in [2.24, 2.45) is 5.92 Å². The predicted octanol–water partition coefficient (Wildman–Crippen LogP) is 2.65. The largest absolute Gasteiger partial charge is 0.317 e. The Hall–Kier alpha value is -0.770. The van der Waals surface area contributed by atoms with Crippen LogP contribution in [0.5, 0.6) is 0 Å². The van der Waals surface area contributed by atoms with Crippen LogP contribution < -0.4 is 10.2 Å². The van der Waals surface area contributed by atoms with Gasteiger partial charge < -0.3 is 10.2 Å². The molecule has 1 fully saturated rings. The Morgan fingerprint density at radius 3 is 2.79 bits per heavy atom. The van der Waals surface area contributed by atoms with Gasteiger partial charge in [0, 0.05) is 23.2 Å². The van der Waals surface area contributed by atoms with Gasteiger partial charge in [0.2, 0.25) is 5.91 Å². The van der Waals surface area contributed by atoms with Crippen LogP contribution in [0.1, 0.15) is 18.4 Å². The Kier molecular flexibility index (Phi) is 4.71. The van der Waals surface area contributed by atoms with E-state index in [1.54, 1.807) is 0 Å². The van der Waals surface area contributed by atoms with Crippen LogP contribution in [0.15, 0.2) is 18.2 Å². The molecular formula is C14H18Cl2N2O. The summed E-state index contributed by atoms with van der Waals surface area (Å²) in [4.78, 5) is 14.5. The average molecular weight is 301 g/mol. The third kappa shape index (κ3) is 2.88. The third-order valence-corrected chi connectivity index (χ3v) is 4.13. The maximum absolute atomic E-state index is 12.5. The van der Waals surface area contributed by atoms with Gasteiger partial charge in [-0.15, -0.1) is 12.4 Å². The van der Waals surface area contributed by atoms with E-state index in [-0.39, 0.29) is 24.2 Å². The summed E-state index contributed by atoms with van der Waals surface area (Å²) in [7, 11) is 0. The highest BCUT2D eigenvalue weighted by atomic mass is 35.5. The van der Waals surface area contributed by atoms with Gasteiger partial charge >= 0.3 is 0 Å². The number of halogens is 2. The Bertz CT molecular complexity index is 473. The first-order valence-electron chi connectivity index (χ1n) is 6.56. The van der Waals surface area contributed by atoms with E-state index < -0.39 is 0 Å². The van der Waals surface area contributed by atoms with Gasteiger partial charge in [-0.25, -0.2) is 0 Å². The van der Waals surface area contributed by atoms with E-state index in [0.29, 0.717) is 5.02 Å². The number of anilines is 1. The molecular weight excluding hydrogens is 283 g/mol. The predicted molar refractivity (Wildman–Crippen MR) is 80.4 cm³/mol. The van der Waals surface area contributed by atoms with Crippen molar-refractivity contribution in [2.45, 2.75) is 19.3 Å². The first-order valence-corrected chi connectivity index (χ1v) is 6.94. The average Bonchev–Trinajstić information content (AvgIpc) is 2.82. The summed E-state index contributed by atoms with van der Waals surface area (Å²) in [6.45, 7) is 2.71. The minimum absolute atomic E-state index is 0. The first-order chi connectivity index (χ1) is 8.75. The second-order valence-corrected chi connectivity index (χ2v) is 5.47. The van der Waals surface area contributed by atoms with Crippen molar-refractivity contribution in [2.75, 3.05) is 24.5 Å². The molecule has 0 atom stereocenters. The van der Waals surface area contributed by atoms with Crippen LogP contribution in [0.2, 0.25) is 5.02 Å². The number of nitrogens with one attached hydrogen (secondary N) is 1. The number of piperidine rings is 1. The molecule has 0 spiro atoms.